The summed E-state index contributed by atoms with van der Waals surface area (Å²) >= 11 is 5.86. The summed E-state index contributed by atoms with van der Waals surface area (Å²) in [6.45, 7) is 0.746. The van der Waals surface area contributed by atoms with Crippen molar-refractivity contribution in [3.63, 3.8) is 0 Å². The molecule has 0 unspecified atom stereocenters. The molecule has 0 aliphatic heterocycles. The number of aromatic nitrogens is 2. The Morgan fingerprint density at radius 3 is 2.75 bits per heavy atom. The first-order valence-corrected chi connectivity index (χ1v) is 6.04. The molecule has 16 heavy (non-hydrogen) atoms. The fourth-order valence-electron chi connectivity index (χ4n) is 2.29. The summed E-state index contributed by atoms with van der Waals surface area (Å²) in [5.41, 5.74) is 0. The van der Waals surface area contributed by atoms with Gasteiger partial charge in [-0.15, -0.1) is 0 Å². The summed E-state index contributed by atoms with van der Waals surface area (Å²) in [4.78, 5) is 10.2. The van der Waals surface area contributed by atoms with Gasteiger partial charge in [-0.2, -0.15) is 0 Å². The smallest absolute Gasteiger partial charge is 0.134 e. The zero-order chi connectivity index (χ0) is 11.4. The lowest BCUT2D eigenvalue weighted by molar-refractivity contribution is 0.297. The molecule has 0 radical (unpaired) electrons. The molecule has 4 nitrogen and oxygen atoms in total. The number of hydrogen-bond acceptors (Lipinski definition) is 4. The summed E-state index contributed by atoms with van der Waals surface area (Å²) in [7, 11) is 0. The maximum absolute atomic E-state index is 9.11. The molecule has 1 fully saturated rings. The van der Waals surface area contributed by atoms with Crippen molar-refractivity contribution in [3.05, 3.63) is 17.5 Å². The van der Waals surface area contributed by atoms with E-state index in [4.69, 9.17) is 16.7 Å². The molecule has 1 aromatic rings. The van der Waals surface area contributed by atoms with E-state index in [0.29, 0.717) is 17.7 Å². The first-order valence-electron chi connectivity index (χ1n) is 5.66. The standard InChI is InChI=1S/C11H16ClN3O/c12-10-7-11(14-8-13-10)15(5-6-16)9-3-1-2-4-9/h7-9,16H,1-6H2. The molecule has 0 bridgehead atoms. The van der Waals surface area contributed by atoms with Crippen LogP contribution in [0.1, 0.15) is 25.7 Å². The Balaban J connectivity index is 2.17. The van der Waals surface area contributed by atoms with E-state index in [1.165, 1.54) is 32.0 Å². The van der Waals surface area contributed by atoms with Crippen molar-refractivity contribution in [2.24, 2.45) is 0 Å². The molecule has 2 rings (SSSR count). The molecule has 1 aromatic heterocycles. The fourth-order valence-corrected chi connectivity index (χ4v) is 2.43. The van der Waals surface area contributed by atoms with Gasteiger partial charge in [-0.05, 0) is 12.8 Å². The SMILES string of the molecule is OCCN(c1cc(Cl)ncn1)C1CCCC1. The largest absolute Gasteiger partial charge is 0.395 e. The highest BCUT2D eigenvalue weighted by Crippen LogP contribution is 2.27. The van der Waals surface area contributed by atoms with Gasteiger partial charge in [0.2, 0.25) is 0 Å². The van der Waals surface area contributed by atoms with Gasteiger partial charge in [0.1, 0.15) is 17.3 Å². The third-order valence-electron chi connectivity index (χ3n) is 3.02. The normalized spacial score (nSPS) is 16.6. The van der Waals surface area contributed by atoms with Crippen LogP contribution in [0.15, 0.2) is 12.4 Å². The first-order chi connectivity index (χ1) is 7.81. The second-order valence-electron chi connectivity index (χ2n) is 4.05. The maximum Gasteiger partial charge on any atom is 0.134 e. The van der Waals surface area contributed by atoms with Crippen LogP contribution in [0, 0.1) is 0 Å². The molecule has 0 amide bonds. The van der Waals surface area contributed by atoms with Crippen LogP contribution in [0.3, 0.4) is 0 Å². The number of rotatable bonds is 4. The number of anilines is 1. The van der Waals surface area contributed by atoms with Crippen molar-refractivity contribution in [2.45, 2.75) is 31.7 Å². The van der Waals surface area contributed by atoms with Gasteiger partial charge in [0.15, 0.2) is 0 Å². The summed E-state index contributed by atoms with van der Waals surface area (Å²) < 4.78 is 0. The Labute approximate surface area is 100 Å². The van der Waals surface area contributed by atoms with Crippen molar-refractivity contribution in [1.29, 1.82) is 0 Å². The van der Waals surface area contributed by atoms with Crippen LogP contribution >= 0.6 is 11.6 Å². The van der Waals surface area contributed by atoms with Gasteiger partial charge in [-0.25, -0.2) is 9.97 Å². The maximum atomic E-state index is 9.11. The Bertz CT molecular complexity index is 342. The molecule has 5 heteroatoms. The minimum absolute atomic E-state index is 0.137. The van der Waals surface area contributed by atoms with Gasteiger partial charge in [-0.3, -0.25) is 0 Å². The third kappa shape index (κ3) is 2.62. The zero-order valence-electron chi connectivity index (χ0n) is 9.14. The molecule has 1 saturated carbocycles. The summed E-state index contributed by atoms with van der Waals surface area (Å²) in [5, 5.41) is 9.56. The van der Waals surface area contributed by atoms with Gasteiger partial charge < -0.3 is 10.0 Å². The van der Waals surface area contributed by atoms with Crippen LogP contribution in [0.4, 0.5) is 5.82 Å². The van der Waals surface area contributed by atoms with Gasteiger partial charge in [0.05, 0.1) is 6.61 Å². The Morgan fingerprint density at radius 1 is 1.38 bits per heavy atom. The van der Waals surface area contributed by atoms with E-state index in [1.54, 1.807) is 6.07 Å². The molecule has 1 heterocycles. The molecular formula is C11H16ClN3O. The summed E-state index contributed by atoms with van der Waals surface area (Å²) in [6, 6.07) is 2.24. The van der Waals surface area contributed by atoms with E-state index in [0.717, 1.165) is 5.82 Å². The molecule has 1 aliphatic carbocycles. The predicted octanol–water partition coefficient (Wildman–Crippen LogP) is 1.87. The predicted molar refractivity (Wildman–Crippen MR) is 63.7 cm³/mol. The second kappa shape index (κ2) is 5.46. The lowest BCUT2D eigenvalue weighted by atomic mass is 10.2. The van der Waals surface area contributed by atoms with E-state index in [2.05, 4.69) is 14.9 Å². The molecule has 1 aliphatic rings. The Morgan fingerprint density at radius 2 is 2.12 bits per heavy atom. The molecule has 0 spiro atoms. The topological polar surface area (TPSA) is 49.2 Å². The number of aliphatic hydroxyl groups excluding tert-OH is 1. The van der Waals surface area contributed by atoms with E-state index in [1.807, 2.05) is 0 Å². The van der Waals surface area contributed by atoms with Crippen LogP contribution in [-0.2, 0) is 0 Å². The fraction of sp³-hybridized carbons (Fsp3) is 0.636. The minimum atomic E-state index is 0.137. The number of aliphatic hydroxyl groups is 1. The van der Waals surface area contributed by atoms with Crippen LogP contribution in [0.5, 0.6) is 0 Å². The molecule has 1 N–H and O–H groups in total. The number of halogens is 1. The lowest BCUT2D eigenvalue weighted by Gasteiger charge is -2.29. The van der Waals surface area contributed by atoms with Crippen LogP contribution in [0.25, 0.3) is 0 Å². The monoisotopic (exact) mass is 241 g/mol. The molecule has 0 aromatic carbocycles. The van der Waals surface area contributed by atoms with Crippen LogP contribution in [0.2, 0.25) is 5.15 Å². The van der Waals surface area contributed by atoms with Crippen molar-refractivity contribution in [2.75, 3.05) is 18.1 Å². The zero-order valence-corrected chi connectivity index (χ0v) is 9.90. The van der Waals surface area contributed by atoms with Crippen molar-refractivity contribution in [1.82, 2.24) is 9.97 Å². The highest BCUT2D eigenvalue weighted by atomic mass is 35.5. The second-order valence-corrected chi connectivity index (χ2v) is 4.44. The number of hydrogen-bond donors (Lipinski definition) is 1. The molecule has 0 saturated heterocycles. The van der Waals surface area contributed by atoms with Crippen LogP contribution < -0.4 is 4.90 Å². The molecule has 88 valence electrons. The highest BCUT2D eigenvalue weighted by molar-refractivity contribution is 6.29. The average Bonchev–Trinajstić information content (AvgIpc) is 2.79. The molecule has 0 atom stereocenters. The number of nitrogens with zero attached hydrogens (tertiary/aromatic N) is 3. The highest BCUT2D eigenvalue weighted by Gasteiger charge is 2.23. The van der Waals surface area contributed by atoms with E-state index in [9.17, 15) is 0 Å². The average molecular weight is 242 g/mol. The van der Waals surface area contributed by atoms with Crippen molar-refractivity contribution >= 4 is 17.4 Å². The quantitative estimate of drug-likeness (QED) is 0.818. The van der Waals surface area contributed by atoms with Gasteiger partial charge in [-0.1, -0.05) is 24.4 Å². The summed E-state index contributed by atoms with van der Waals surface area (Å²) in [6.07, 6.45) is 6.32. The summed E-state index contributed by atoms with van der Waals surface area (Å²) in [5.74, 6) is 0.820. The van der Waals surface area contributed by atoms with E-state index in [-0.39, 0.29) is 6.61 Å². The Kier molecular flexibility index (Phi) is 3.96. The first kappa shape index (κ1) is 11.6. The van der Waals surface area contributed by atoms with Gasteiger partial charge in [0.25, 0.3) is 0 Å². The van der Waals surface area contributed by atoms with E-state index < -0.39 is 0 Å². The Hall–Kier alpha value is -0.870. The minimum Gasteiger partial charge on any atom is -0.395 e. The van der Waals surface area contributed by atoms with Gasteiger partial charge in [0, 0.05) is 18.7 Å². The van der Waals surface area contributed by atoms with Crippen molar-refractivity contribution < 1.29 is 5.11 Å². The van der Waals surface area contributed by atoms with Gasteiger partial charge >= 0.3 is 0 Å². The lowest BCUT2D eigenvalue weighted by Crippen LogP contribution is -2.36. The van der Waals surface area contributed by atoms with E-state index >= 15 is 0 Å². The third-order valence-corrected chi connectivity index (χ3v) is 3.23. The van der Waals surface area contributed by atoms with Crippen LogP contribution in [-0.4, -0.2) is 34.3 Å². The molecular weight excluding hydrogens is 226 g/mol. The van der Waals surface area contributed by atoms with Crippen molar-refractivity contribution in [3.8, 4) is 0 Å².